The zero-order chi connectivity index (χ0) is 19.1. The summed E-state index contributed by atoms with van der Waals surface area (Å²) in [7, 11) is 0. The Kier molecular flexibility index (Phi) is 7.83. The number of rotatable bonds is 6. The molecule has 3 rings (SSSR count). The van der Waals surface area contributed by atoms with Crippen molar-refractivity contribution >= 4 is 17.5 Å². The van der Waals surface area contributed by atoms with Crippen molar-refractivity contribution in [3.63, 3.8) is 0 Å². The third kappa shape index (κ3) is 6.11. The molecule has 27 heavy (non-hydrogen) atoms. The van der Waals surface area contributed by atoms with Crippen LogP contribution < -0.4 is 4.74 Å². The van der Waals surface area contributed by atoms with Gasteiger partial charge in [0.1, 0.15) is 5.75 Å². The average molecular weight is 393 g/mol. The lowest BCUT2D eigenvalue weighted by atomic mass is 9.99. The zero-order valence-corrected chi connectivity index (χ0v) is 17.3. The van der Waals surface area contributed by atoms with Crippen LogP contribution >= 0.6 is 11.6 Å². The summed E-state index contributed by atoms with van der Waals surface area (Å²) >= 11 is 6.06. The van der Waals surface area contributed by atoms with Crippen LogP contribution in [0.4, 0.5) is 0 Å². The molecule has 0 N–H and O–H groups in total. The predicted molar refractivity (Wildman–Crippen MR) is 111 cm³/mol. The second-order valence-corrected chi connectivity index (χ2v) is 8.39. The van der Waals surface area contributed by atoms with Crippen LogP contribution in [-0.4, -0.2) is 54.5 Å². The third-order valence-corrected chi connectivity index (χ3v) is 6.34. The fourth-order valence-electron chi connectivity index (χ4n) is 4.26. The summed E-state index contributed by atoms with van der Waals surface area (Å²) in [5, 5.41) is 0.721. The molecule has 5 heteroatoms. The molecule has 0 aromatic heterocycles. The molecule has 150 valence electrons. The van der Waals surface area contributed by atoms with Gasteiger partial charge in [-0.15, -0.1) is 0 Å². The van der Waals surface area contributed by atoms with Gasteiger partial charge in [0.25, 0.3) is 5.91 Å². The second-order valence-electron chi connectivity index (χ2n) is 7.98. The normalized spacial score (nSPS) is 21.7. The minimum absolute atomic E-state index is 0.112. The van der Waals surface area contributed by atoms with E-state index in [1.165, 1.54) is 45.2 Å². The van der Waals surface area contributed by atoms with Crippen LogP contribution in [0.15, 0.2) is 18.2 Å². The van der Waals surface area contributed by atoms with Gasteiger partial charge in [0.2, 0.25) is 0 Å². The van der Waals surface area contributed by atoms with E-state index in [-0.39, 0.29) is 12.5 Å². The maximum atomic E-state index is 12.8. The van der Waals surface area contributed by atoms with E-state index in [4.69, 9.17) is 16.3 Å². The summed E-state index contributed by atoms with van der Waals surface area (Å²) in [5.41, 5.74) is 0.968. The molecule has 2 heterocycles. The fourth-order valence-corrected chi connectivity index (χ4v) is 4.37. The molecule has 1 aromatic carbocycles. The number of carbonyl (C=O) groups excluding carboxylic acids is 1. The van der Waals surface area contributed by atoms with Gasteiger partial charge < -0.3 is 14.5 Å². The highest BCUT2D eigenvalue weighted by Crippen LogP contribution is 2.23. The van der Waals surface area contributed by atoms with Crippen molar-refractivity contribution in [2.45, 2.75) is 64.3 Å². The number of benzene rings is 1. The van der Waals surface area contributed by atoms with Gasteiger partial charge in [-0.05, 0) is 82.3 Å². The summed E-state index contributed by atoms with van der Waals surface area (Å²) in [6.45, 7) is 6.49. The van der Waals surface area contributed by atoms with Gasteiger partial charge in [-0.3, -0.25) is 4.79 Å². The number of halogens is 1. The van der Waals surface area contributed by atoms with E-state index in [9.17, 15) is 4.79 Å². The molecule has 0 spiro atoms. The molecule has 1 amide bonds. The van der Waals surface area contributed by atoms with Crippen LogP contribution in [-0.2, 0) is 4.79 Å². The molecular formula is C22H33ClN2O2. The Morgan fingerprint density at radius 1 is 1.11 bits per heavy atom. The first-order valence-electron chi connectivity index (χ1n) is 10.5. The van der Waals surface area contributed by atoms with Crippen LogP contribution in [0.5, 0.6) is 5.75 Å². The lowest BCUT2D eigenvalue weighted by Crippen LogP contribution is -2.47. The number of aryl methyl sites for hydroxylation is 1. The van der Waals surface area contributed by atoms with E-state index >= 15 is 0 Å². The maximum absolute atomic E-state index is 12.8. The highest BCUT2D eigenvalue weighted by Gasteiger charge is 2.27. The van der Waals surface area contributed by atoms with E-state index in [2.05, 4.69) is 9.80 Å². The van der Waals surface area contributed by atoms with Crippen molar-refractivity contribution in [2.24, 2.45) is 0 Å². The zero-order valence-electron chi connectivity index (χ0n) is 16.6. The smallest absolute Gasteiger partial charge is 0.260 e. The number of piperidine rings is 1. The number of amides is 1. The van der Waals surface area contributed by atoms with Crippen LogP contribution in [0.3, 0.4) is 0 Å². The predicted octanol–water partition coefficient (Wildman–Crippen LogP) is 4.67. The first-order valence-corrected chi connectivity index (χ1v) is 10.9. The number of carbonyl (C=O) groups is 1. The minimum atomic E-state index is 0.112. The van der Waals surface area contributed by atoms with E-state index in [0.29, 0.717) is 11.8 Å². The monoisotopic (exact) mass is 392 g/mol. The number of hydrogen-bond acceptors (Lipinski definition) is 3. The highest BCUT2D eigenvalue weighted by molar-refractivity contribution is 6.31. The Morgan fingerprint density at radius 2 is 1.85 bits per heavy atom. The van der Waals surface area contributed by atoms with Gasteiger partial charge in [0.05, 0.1) is 0 Å². The van der Waals surface area contributed by atoms with Crippen molar-refractivity contribution < 1.29 is 9.53 Å². The van der Waals surface area contributed by atoms with Crippen LogP contribution in [0.25, 0.3) is 0 Å². The largest absolute Gasteiger partial charge is 0.484 e. The summed E-state index contributed by atoms with van der Waals surface area (Å²) in [5.74, 6) is 0.826. The Bertz CT molecular complexity index is 614. The van der Waals surface area contributed by atoms with Gasteiger partial charge in [-0.2, -0.15) is 0 Å². The molecule has 0 bridgehead atoms. The Hall–Kier alpha value is -1.26. The number of nitrogens with zero attached hydrogens (tertiary/aromatic N) is 2. The summed E-state index contributed by atoms with van der Waals surface area (Å²) in [4.78, 5) is 17.5. The molecule has 0 aliphatic carbocycles. The average Bonchev–Trinajstić information content (AvgIpc) is 2.96. The molecule has 0 saturated carbocycles. The molecule has 1 aromatic rings. The van der Waals surface area contributed by atoms with Crippen molar-refractivity contribution in [1.82, 2.24) is 9.80 Å². The van der Waals surface area contributed by atoms with Crippen LogP contribution in [0, 0.1) is 6.92 Å². The minimum Gasteiger partial charge on any atom is -0.484 e. The first kappa shape index (κ1) is 20.5. The molecule has 0 radical (unpaired) electrons. The van der Waals surface area contributed by atoms with Crippen LogP contribution in [0.2, 0.25) is 5.02 Å². The van der Waals surface area contributed by atoms with Gasteiger partial charge in [-0.25, -0.2) is 0 Å². The fraction of sp³-hybridized carbons (Fsp3) is 0.682. The first-order chi connectivity index (χ1) is 13.1. The molecule has 2 aliphatic rings. The van der Waals surface area contributed by atoms with Crippen molar-refractivity contribution in [3.05, 3.63) is 28.8 Å². The summed E-state index contributed by atoms with van der Waals surface area (Å²) in [6, 6.07) is 5.91. The van der Waals surface area contributed by atoms with E-state index in [0.717, 1.165) is 42.9 Å². The van der Waals surface area contributed by atoms with Crippen LogP contribution in [0.1, 0.15) is 56.9 Å². The van der Waals surface area contributed by atoms with E-state index in [1.54, 1.807) is 0 Å². The summed E-state index contributed by atoms with van der Waals surface area (Å²) < 4.78 is 5.76. The second kappa shape index (κ2) is 10.3. The molecular weight excluding hydrogens is 360 g/mol. The molecule has 4 nitrogen and oxygen atoms in total. The molecule has 2 saturated heterocycles. The molecule has 1 atom stereocenters. The van der Waals surface area contributed by atoms with E-state index < -0.39 is 0 Å². The topological polar surface area (TPSA) is 32.8 Å². The maximum Gasteiger partial charge on any atom is 0.260 e. The van der Waals surface area contributed by atoms with Gasteiger partial charge in [0, 0.05) is 24.2 Å². The van der Waals surface area contributed by atoms with Crippen molar-refractivity contribution in [1.29, 1.82) is 0 Å². The standard InChI is InChI=1S/C22H33ClN2O2/c1-18-16-20(9-10-21(18)23)27-17-22(26)25-14-7-4-8-19(25)11-15-24-12-5-2-3-6-13-24/h9-10,16,19H,2-8,11-15,17H2,1H3/t19-/m1/s1. The quantitative estimate of drug-likeness (QED) is 0.704. The lowest BCUT2D eigenvalue weighted by Gasteiger charge is -2.37. The lowest BCUT2D eigenvalue weighted by molar-refractivity contribution is -0.137. The SMILES string of the molecule is Cc1cc(OCC(=O)N2CCCC[C@@H]2CCN2CCCCCC2)ccc1Cl. The van der Waals surface area contributed by atoms with Crippen molar-refractivity contribution in [3.8, 4) is 5.75 Å². The Balaban J connectivity index is 1.50. The number of likely N-dealkylation sites (tertiary alicyclic amines) is 2. The van der Waals surface area contributed by atoms with Gasteiger partial charge in [-0.1, -0.05) is 24.4 Å². The molecule has 2 fully saturated rings. The van der Waals surface area contributed by atoms with Crippen molar-refractivity contribution in [2.75, 3.05) is 32.8 Å². The number of hydrogen-bond donors (Lipinski definition) is 0. The number of ether oxygens (including phenoxy) is 1. The highest BCUT2D eigenvalue weighted by atomic mass is 35.5. The molecule has 0 unspecified atom stereocenters. The third-order valence-electron chi connectivity index (χ3n) is 5.92. The summed E-state index contributed by atoms with van der Waals surface area (Å²) in [6.07, 6.45) is 9.92. The van der Waals surface area contributed by atoms with Gasteiger partial charge >= 0.3 is 0 Å². The van der Waals surface area contributed by atoms with E-state index in [1.807, 2.05) is 25.1 Å². The Labute approximate surface area is 168 Å². The molecule has 2 aliphatic heterocycles. The van der Waals surface area contributed by atoms with Gasteiger partial charge in [0.15, 0.2) is 6.61 Å². The Morgan fingerprint density at radius 3 is 2.59 bits per heavy atom.